The van der Waals surface area contributed by atoms with Crippen molar-refractivity contribution in [3.05, 3.63) is 63.1 Å². The zero-order valence-corrected chi connectivity index (χ0v) is 28.1. The van der Waals surface area contributed by atoms with E-state index in [-0.39, 0.29) is 19.2 Å². The third kappa shape index (κ3) is 7.53. The number of aromatic amines is 1. The van der Waals surface area contributed by atoms with Crippen LogP contribution in [-0.4, -0.2) is 88.7 Å². The molecule has 6 rings (SSSR count). The molecule has 3 heterocycles. The predicted octanol–water partition coefficient (Wildman–Crippen LogP) is 5.54. The SMILES string of the molecule is CCOC(=O)C1=N/C(=C(/c2ccc3c(c2)OCCOCCOCCOCCO3)c2[nH]c(C(=O)OCC)c3c2CCCC3)C2=C1CCCC2. The number of rotatable bonds is 6. The Morgan fingerprint density at radius 3 is 1.92 bits per heavy atom. The molecule has 0 saturated carbocycles. The van der Waals surface area contributed by atoms with Gasteiger partial charge >= 0.3 is 11.9 Å². The number of aliphatic imine (C=N–C) groups is 1. The van der Waals surface area contributed by atoms with Crippen molar-refractivity contribution < 1.29 is 42.7 Å². The van der Waals surface area contributed by atoms with Crippen LogP contribution in [0.2, 0.25) is 0 Å². The molecule has 0 spiro atoms. The first kappa shape index (κ1) is 34.0. The van der Waals surface area contributed by atoms with Crippen LogP contribution in [0.4, 0.5) is 0 Å². The third-order valence-corrected chi connectivity index (χ3v) is 8.97. The summed E-state index contributed by atoms with van der Waals surface area (Å²) in [6.07, 6.45) is 7.10. The van der Waals surface area contributed by atoms with Gasteiger partial charge in [-0.3, -0.25) is 0 Å². The Balaban J connectivity index is 1.51. The van der Waals surface area contributed by atoms with E-state index in [0.29, 0.717) is 75.8 Å². The topological polar surface area (TPSA) is 127 Å². The summed E-state index contributed by atoms with van der Waals surface area (Å²) in [6, 6.07) is 5.85. The molecule has 1 N–H and O–H groups in total. The molecule has 0 unspecified atom stereocenters. The molecular formula is C37H46N2O9. The number of esters is 2. The number of carbonyl (C=O) groups is 2. The number of nitrogens with zero attached hydrogens (tertiary/aromatic N) is 1. The molecule has 2 aliphatic heterocycles. The van der Waals surface area contributed by atoms with E-state index in [1.54, 1.807) is 6.92 Å². The first-order valence-corrected chi connectivity index (χ1v) is 17.4. The van der Waals surface area contributed by atoms with Crippen molar-refractivity contribution in [3.8, 4) is 11.5 Å². The van der Waals surface area contributed by atoms with E-state index in [1.165, 1.54) is 0 Å². The van der Waals surface area contributed by atoms with E-state index in [2.05, 4.69) is 4.98 Å². The Morgan fingerprint density at radius 2 is 1.25 bits per heavy atom. The van der Waals surface area contributed by atoms with Gasteiger partial charge in [0.2, 0.25) is 0 Å². The second-order valence-corrected chi connectivity index (χ2v) is 12.0. The molecule has 0 atom stereocenters. The zero-order chi connectivity index (χ0) is 33.3. The Hall–Kier alpha value is -3.93. The lowest BCUT2D eigenvalue weighted by Gasteiger charge is -2.20. The molecule has 258 valence electrons. The van der Waals surface area contributed by atoms with E-state index in [9.17, 15) is 9.59 Å². The Bertz CT molecular complexity index is 1580. The second-order valence-electron chi connectivity index (χ2n) is 12.0. The smallest absolute Gasteiger partial charge is 0.357 e. The van der Waals surface area contributed by atoms with E-state index in [1.807, 2.05) is 25.1 Å². The molecule has 0 saturated heterocycles. The van der Waals surface area contributed by atoms with Gasteiger partial charge in [0.1, 0.15) is 18.9 Å². The molecule has 0 amide bonds. The van der Waals surface area contributed by atoms with E-state index < -0.39 is 5.97 Å². The number of carbonyl (C=O) groups excluding carboxylic acids is 2. The van der Waals surface area contributed by atoms with Gasteiger partial charge in [0.25, 0.3) is 0 Å². The summed E-state index contributed by atoms with van der Waals surface area (Å²) in [5.41, 5.74) is 8.14. The maximum Gasteiger partial charge on any atom is 0.357 e. The van der Waals surface area contributed by atoms with E-state index in [0.717, 1.165) is 96.2 Å². The molecule has 11 heteroatoms. The predicted molar refractivity (Wildman–Crippen MR) is 179 cm³/mol. The molecule has 4 aliphatic rings. The standard InChI is InChI=1S/C37H46N2O9/c1-3-45-36(40)34-27-11-7-5-9-25(27)32(38-34)31(33-26-10-6-8-12-28(26)35(39-33)37(41)46-4-2)24-13-14-29-30(23-24)48-22-20-44-18-16-42-15-17-43-19-21-47-29/h13-14,23,38H,3-12,15-22H2,1-2H3/b33-31-. The number of ether oxygens (including phenoxy) is 7. The molecular weight excluding hydrogens is 616 g/mol. The van der Waals surface area contributed by atoms with Gasteiger partial charge in [0, 0.05) is 5.57 Å². The Kier molecular flexibility index (Phi) is 11.6. The fraction of sp³-hybridized carbons (Fsp3) is 0.541. The molecule has 0 radical (unpaired) electrons. The zero-order valence-electron chi connectivity index (χ0n) is 28.1. The van der Waals surface area contributed by atoms with Gasteiger partial charge < -0.3 is 38.1 Å². The summed E-state index contributed by atoms with van der Waals surface area (Å²) >= 11 is 0. The van der Waals surface area contributed by atoms with Crippen molar-refractivity contribution in [1.29, 1.82) is 0 Å². The monoisotopic (exact) mass is 662 g/mol. The first-order chi connectivity index (χ1) is 23.6. The van der Waals surface area contributed by atoms with Gasteiger partial charge in [-0.2, -0.15) is 0 Å². The Morgan fingerprint density at radius 1 is 0.688 bits per heavy atom. The molecule has 48 heavy (non-hydrogen) atoms. The Labute approximate surface area is 281 Å². The lowest BCUT2D eigenvalue weighted by molar-refractivity contribution is -0.134. The first-order valence-electron chi connectivity index (χ1n) is 17.4. The minimum absolute atomic E-state index is 0.267. The fourth-order valence-corrected chi connectivity index (χ4v) is 6.83. The third-order valence-electron chi connectivity index (χ3n) is 8.97. The largest absolute Gasteiger partial charge is 0.487 e. The normalized spacial score (nSPS) is 20.1. The quantitative estimate of drug-likeness (QED) is 0.397. The van der Waals surface area contributed by atoms with Gasteiger partial charge in [-0.05, 0) is 105 Å². The summed E-state index contributed by atoms with van der Waals surface area (Å²) in [5.74, 6) is 0.358. The van der Waals surface area contributed by atoms with Crippen LogP contribution in [0, 0.1) is 0 Å². The minimum atomic E-state index is -0.411. The average molecular weight is 663 g/mol. The lowest BCUT2D eigenvalue weighted by Crippen LogP contribution is -2.19. The number of aromatic nitrogens is 1. The second kappa shape index (κ2) is 16.5. The summed E-state index contributed by atoms with van der Waals surface area (Å²) in [4.78, 5) is 35.1. The van der Waals surface area contributed by atoms with Crippen LogP contribution in [0.25, 0.3) is 5.57 Å². The molecule has 11 nitrogen and oxygen atoms in total. The number of H-pyrrole nitrogens is 1. The van der Waals surface area contributed by atoms with Crippen LogP contribution in [0.15, 0.2) is 40.0 Å². The van der Waals surface area contributed by atoms with Gasteiger partial charge in [0.05, 0.1) is 64.2 Å². The molecule has 0 fully saturated rings. The number of hydrogen-bond donors (Lipinski definition) is 1. The van der Waals surface area contributed by atoms with E-state index >= 15 is 0 Å². The number of allylic oxidation sites excluding steroid dienone is 1. The highest BCUT2D eigenvalue weighted by molar-refractivity contribution is 6.45. The fourth-order valence-electron chi connectivity index (χ4n) is 6.83. The van der Waals surface area contributed by atoms with Crippen molar-refractivity contribution in [2.24, 2.45) is 4.99 Å². The van der Waals surface area contributed by atoms with Crippen LogP contribution >= 0.6 is 0 Å². The van der Waals surface area contributed by atoms with Crippen molar-refractivity contribution in [3.63, 3.8) is 0 Å². The summed E-state index contributed by atoms with van der Waals surface area (Å²) in [7, 11) is 0. The maximum absolute atomic E-state index is 13.3. The molecule has 1 aromatic carbocycles. The van der Waals surface area contributed by atoms with Gasteiger partial charge in [-0.15, -0.1) is 0 Å². The van der Waals surface area contributed by atoms with Gasteiger partial charge in [-0.1, -0.05) is 6.07 Å². The maximum atomic E-state index is 13.3. The number of fused-ring (bicyclic) bond motifs is 2. The highest BCUT2D eigenvalue weighted by atomic mass is 16.6. The van der Waals surface area contributed by atoms with Crippen molar-refractivity contribution in [1.82, 2.24) is 4.98 Å². The number of nitrogens with one attached hydrogen (secondary N) is 1. The van der Waals surface area contributed by atoms with Crippen molar-refractivity contribution >= 4 is 23.2 Å². The van der Waals surface area contributed by atoms with Crippen LogP contribution in [0.1, 0.15) is 85.2 Å². The average Bonchev–Trinajstić information content (AvgIpc) is 3.67. The van der Waals surface area contributed by atoms with Gasteiger partial charge in [-0.25, -0.2) is 14.6 Å². The molecule has 2 aromatic rings. The van der Waals surface area contributed by atoms with Crippen molar-refractivity contribution in [2.75, 3.05) is 66.1 Å². The summed E-state index contributed by atoms with van der Waals surface area (Å²) in [5, 5.41) is 0. The number of hydrogen-bond acceptors (Lipinski definition) is 10. The molecule has 1 aromatic heterocycles. The lowest BCUT2D eigenvalue weighted by atomic mass is 9.84. The van der Waals surface area contributed by atoms with Gasteiger partial charge in [0.15, 0.2) is 17.2 Å². The van der Waals surface area contributed by atoms with Crippen LogP contribution in [0.5, 0.6) is 11.5 Å². The summed E-state index contributed by atoms with van der Waals surface area (Å²) < 4.78 is 40.3. The number of benzene rings is 1. The molecule has 0 bridgehead atoms. The molecule has 2 aliphatic carbocycles. The van der Waals surface area contributed by atoms with Crippen molar-refractivity contribution in [2.45, 2.75) is 65.2 Å². The van der Waals surface area contributed by atoms with Crippen LogP contribution in [0.3, 0.4) is 0 Å². The summed E-state index contributed by atoms with van der Waals surface area (Å²) in [6.45, 7) is 7.53. The van der Waals surface area contributed by atoms with Crippen LogP contribution < -0.4 is 9.47 Å². The highest BCUT2D eigenvalue weighted by Gasteiger charge is 2.35. The highest BCUT2D eigenvalue weighted by Crippen LogP contribution is 2.45. The minimum Gasteiger partial charge on any atom is -0.487 e. The van der Waals surface area contributed by atoms with Crippen LogP contribution in [-0.2, 0) is 41.3 Å². The van der Waals surface area contributed by atoms with E-state index in [4.69, 9.17) is 38.2 Å².